The summed E-state index contributed by atoms with van der Waals surface area (Å²) in [7, 11) is 0. The number of carbonyl (C=O) groups excluding carboxylic acids is 1. The highest BCUT2D eigenvalue weighted by atomic mass is 35.5. The standard InChI is InChI=1S/C15H12Cl3NO2/c1-9(21-12-5-2-10(16)3-6-12)15(20)19-11-4-7-13(17)14(18)8-11/h2-9H,1H3,(H,19,20). The average molecular weight is 345 g/mol. The lowest BCUT2D eigenvalue weighted by molar-refractivity contribution is -0.122. The summed E-state index contributed by atoms with van der Waals surface area (Å²) >= 11 is 17.5. The average Bonchev–Trinajstić information content (AvgIpc) is 2.45. The number of nitrogens with one attached hydrogen (secondary N) is 1. The van der Waals surface area contributed by atoms with Crippen molar-refractivity contribution >= 4 is 46.4 Å². The fraction of sp³-hybridized carbons (Fsp3) is 0.133. The smallest absolute Gasteiger partial charge is 0.265 e. The fourth-order valence-corrected chi connectivity index (χ4v) is 2.01. The SMILES string of the molecule is CC(Oc1ccc(Cl)cc1)C(=O)Nc1ccc(Cl)c(Cl)c1. The highest BCUT2D eigenvalue weighted by molar-refractivity contribution is 6.42. The number of halogens is 3. The highest BCUT2D eigenvalue weighted by Crippen LogP contribution is 2.25. The molecule has 0 aliphatic heterocycles. The van der Waals surface area contributed by atoms with Gasteiger partial charge in [-0.25, -0.2) is 0 Å². The first kappa shape index (κ1) is 16.0. The van der Waals surface area contributed by atoms with Gasteiger partial charge >= 0.3 is 0 Å². The number of carbonyl (C=O) groups is 1. The molecule has 3 nitrogen and oxygen atoms in total. The minimum atomic E-state index is -0.666. The third-order valence-electron chi connectivity index (χ3n) is 2.68. The molecule has 2 rings (SSSR count). The lowest BCUT2D eigenvalue weighted by Crippen LogP contribution is -2.30. The number of amides is 1. The van der Waals surface area contributed by atoms with Crippen LogP contribution in [0.2, 0.25) is 15.1 Å². The molecule has 1 unspecified atom stereocenters. The lowest BCUT2D eigenvalue weighted by Gasteiger charge is -2.15. The van der Waals surface area contributed by atoms with Gasteiger partial charge < -0.3 is 10.1 Å². The molecular formula is C15H12Cl3NO2. The fourth-order valence-electron chi connectivity index (χ4n) is 1.59. The molecule has 0 aliphatic carbocycles. The minimum absolute atomic E-state index is 0.289. The van der Waals surface area contributed by atoms with Gasteiger partial charge in [-0.3, -0.25) is 4.79 Å². The maximum atomic E-state index is 12.0. The highest BCUT2D eigenvalue weighted by Gasteiger charge is 2.15. The first-order valence-electron chi connectivity index (χ1n) is 6.14. The number of hydrogen-bond donors (Lipinski definition) is 1. The monoisotopic (exact) mass is 343 g/mol. The van der Waals surface area contributed by atoms with E-state index in [1.54, 1.807) is 49.4 Å². The van der Waals surface area contributed by atoms with Gasteiger partial charge in [0.1, 0.15) is 5.75 Å². The van der Waals surface area contributed by atoms with Crippen LogP contribution in [0.4, 0.5) is 5.69 Å². The molecule has 2 aromatic carbocycles. The van der Waals surface area contributed by atoms with Crippen LogP contribution in [0, 0.1) is 0 Å². The molecule has 0 bridgehead atoms. The first-order chi connectivity index (χ1) is 9.95. The Bertz CT molecular complexity index is 644. The van der Waals surface area contributed by atoms with E-state index in [4.69, 9.17) is 39.5 Å². The molecule has 2 aromatic rings. The van der Waals surface area contributed by atoms with Crippen LogP contribution in [0.15, 0.2) is 42.5 Å². The van der Waals surface area contributed by atoms with Gasteiger partial charge in [-0.1, -0.05) is 34.8 Å². The summed E-state index contributed by atoms with van der Waals surface area (Å²) in [5.41, 5.74) is 0.556. The molecule has 0 heterocycles. The van der Waals surface area contributed by atoms with Crippen molar-refractivity contribution in [2.24, 2.45) is 0 Å². The minimum Gasteiger partial charge on any atom is -0.481 e. The molecule has 1 amide bonds. The summed E-state index contributed by atoms with van der Waals surface area (Å²) in [4.78, 5) is 12.0. The van der Waals surface area contributed by atoms with Crippen molar-refractivity contribution in [3.05, 3.63) is 57.5 Å². The largest absolute Gasteiger partial charge is 0.481 e. The van der Waals surface area contributed by atoms with E-state index in [0.29, 0.717) is 26.5 Å². The van der Waals surface area contributed by atoms with Crippen molar-refractivity contribution in [3.63, 3.8) is 0 Å². The lowest BCUT2D eigenvalue weighted by atomic mass is 10.3. The van der Waals surface area contributed by atoms with Gasteiger partial charge in [-0.2, -0.15) is 0 Å². The molecule has 6 heteroatoms. The summed E-state index contributed by atoms with van der Waals surface area (Å²) in [5.74, 6) is 0.277. The summed E-state index contributed by atoms with van der Waals surface area (Å²) in [6.07, 6.45) is -0.666. The summed E-state index contributed by atoms with van der Waals surface area (Å²) in [5, 5.41) is 4.12. The van der Waals surface area contributed by atoms with Crippen molar-refractivity contribution in [2.45, 2.75) is 13.0 Å². The summed E-state index contributed by atoms with van der Waals surface area (Å²) in [6.45, 7) is 1.65. The molecule has 110 valence electrons. The van der Waals surface area contributed by atoms with Crippen LogP contribution in [-0.2, 0) is 4.79 Å². The Morgan fingerprint density at radius 2 is 1.71 bits per heavy atom. The van der Waals surface area contributed by atoms with E-state index in [1.165, 1.54) is 0 Å². The Morgan fingerprint density at radius 1 is 1.05 bits per heavy atom. The zero-order valence-corrected chi connectivity index (χ0v) is 13.3. The van der Waals surface area contributed by atoms with Crippen molar-refractivity contribution in [1.29, 1.82) is 0 Å². The summed E-state index contributed by atoms with van der Waals surface area (Å²) in [6, 6.07) is 11.7. The number of anilines is 1. The molecule has 0 aromatic heterocycles. The maximum Gasteiger partial charge on any atom is 0.265 e. The normalized spacial score (nSPS) is 11.8. The van der Waals surface area contributed by atoms with Crippen molar-refractivity contribution in [3.8, 4) is 5.75 Å². The van der Waals surface area contributed by atoms with Gasteiger partial charge in [0, 0.05) is 10.7 Å². The van der Waals surface area contributed by atoms with Crippen LogP contribution in [0.3, 0.4) is 0 Å². The number of rotatable bonds is 4. The Hall–Kier alpha value is -1.42. The van der Waals surface area contributed by atoms with E-state index in [0.717, 1.165) is 0 Å². The van der Waals surface area contributed by atoms with Gasteiger partial charge in [0.15, 0.2) is 6.10 Å². The maximum absolute atomic E-state index is 12.0. The molecule has 0 fully saturated rings. The molecule has 21 heavy (non-hydrogen) atoms. The molecular weight excluding hydrogens is 333 g/mol. The Balaban J connectivity index is 1.98. The van der Waals surface area contributed by atoms with Gasteiger partial charge in [0.05, 0.1) is 10.0 Å². The van der Waals surface area contributed by atoms with Crippen LogP contribution < -0.4 is 10.1 Å². The van der Waals surface area contributed by atoms with Crippen LogP contribution in [0.25, 0.3) is 0 Å². The van der Waals surface area contributed by atoms with Crippen molar-refractivity contribution < 1.29 is 9.53 Å². The Labute approximate surface area is 137 Å². The van der Waals surface area contributed by atoms with E-state index in [9.17, 15) is 4.79 Å². The molecule has 0 spiro atoms. The van der Waals surface area contributed by atoms with Gasteiger partial charge in [-0.15, -0.1) is 0 Å². The molecule has 1 atom stereocenters. The van der Waals surface area contributed by atoms with E-state index >= 15 is 0 Å². The van der Waals surface area contributed by atoms with Crippen molar-refractivity contribution in [1.82, 2.24) is 0 Å². The molecule has 0 aliphatic rings. The second-order valence-corrected chi connectivity index (χ2v) is 5.58. The van der Waals surface area contributed by atoms with Gasteiger partial charge in [-0.05, 0) is 49.4 Å². The second-order valence-electron chi connectivity index (χ2n) is 4.33. The number of hydrogen-bond acceptors (Lipinski definition) is 2. The quantitative estimate of drug-likeness (QED) is 0.842. The van der Waals surface area contributed by atoms with Crippen LogP contribution in [-0.4, -0.2) is 12.0 Å². The Kier molecular flexibility index (Phi) is 5.34. The van der Waals surface area contributed by atoms with Crippen LogP contribution in [0.1, 0.15) is 6.92 Å². The van der Waals surface area contributed by atoms with Crippen LogP contribution >= 0.6 is 34.8 Å². The number of ether oxygens (including phenoxy) is 1. The first-order valence-corrected chi connectivity index (χ1v) is 7.27. The molecule has 0 radical (unpaired) electrons. The van der Waals surface area contributed by atoms with Crippen molar-refractivity contribution in [2.75, 3.05) is 5.32 Å². The zero-order valence-electron chi connectivity index (χ0n) is 11.1. The van der Waals surface area contributed by atoms with E-state index in [1.807, 2.05) is 0 Å². The van der Waals surface area contributed by atoms with Gasteiger partial charge in [0.25, 0.3) is 5.91 Å². The molecule has 0 saturated heterocycles. The predicted molar refractivity (Wildman–Crippen MR) is 86.6 cm³/mol. The molecule has 1 N–H and O–H groups in total. The van der Waals surface area contributed by atoms with E-state index in [-0.39, 0.29) is 5.91 Å². The van der Waals surface area contributed by atoms with Gasteiger partial charge in [0.2, 0.25) is 0 Å². The number of benzene rings is 2. The zero-order chi connectivity index (χ0) is 15.4. The summed E-state index contributed by atoms with van der Waals surface area (Å²) < 4.78 is 5.53. The predicted octanol–water partition coefficient (Wildman–Crippen LogP) is 5.05. The van der Waals surface area contributed by atoms with Crippen LogP contribution in [0.5, 0.6) is 5.75 Å². The van der Waals surface area contributed by atoms with E-state index < -0.39 is 6.10 Å². The topological polar surface area (TPSA) is 38.3 Å². The third kappa shape index (κ3) is 4.53. The second kappa shape index (κ2) is 7.03. The third-order valence-corrected chi connectivity index (χ3v) is 3.67. The Morgan fingerprint density at radius 3 is 2.33 bits per heavy atom. The molecule has 0 saturated carbocycles. The van der Waals surface area contributed by atoms with E-state index in [2.05, 4.69) is 5.32 Å².